The predicted molar refractivity (Wildman–Crippen MR) is 117 cm³/mol. The molecule has 0 N–H and O–H groups in total. The van der Waals surface area contributed by atoms with Crippen LogP contribution in [0, 0.1) is 6.92 Å². The van der Waals surface area contributed by atoms with Crippen LogP contribution in [0.25, 0.3) is 0 Å². The predicted octanol–water partition coefficient (Wildman–Crippen LogP) is 4.92. The quantitative estimate of drug-likeness (QED) is 0.652. The second-order valence-electron chi connectivity index (χ2n) is 7.03. The van der Waals surface area contributed by atoms with E-state index in [-0.39, 0.29) is 11.8 Å². The minimum Gasteiger partial charge on any atom is -0.313 e. The molecule has 0 aliphatic heterocycles. The molecule has 0 heterocycles. The first-order chi connectivity index (χ1) is 13.4. The molecule has 4 heteroatoms. The van der Waals surface area contributed by atoms with E-state index in [0.29, 0.717) is 19.5 Å². The highest BCUT2D eigenvalue weighted by Crippen LogP contribution is 2.28. The van der Waals surface area contributed by atoms with E-state index in [4.69, 9.17) is 0 Å². The van der Waals surface area contributed by atoms with Gasteiger partial charge in [0.05, 0.1) is 0 Å². The number of amides is 2. The monoisotopic (exact) mass is 380 g/mol. The minimum atomic E-state index is -0.0259. The Labute approximate surface area is 169 Å². The molecule has 28 heavy (non-hydrogen) atoms. The molecular formula is C24H32N2O2. The summed E-state index contributed by atoms with van der Waals surface area (Å²) in [6.45, 7) is 10.8. The van der Waals surface area contributed by atoms with Gasteiger partial charge in [-0.25, -0.2) is 0 Å². The molecule has 2 amide bonds. The van der Waals surface area contributed by atoms with Gasteiger partial charge in [-0.3, -0.25) is 9.59 Å². The van der Waals surface area contributed by atoms with Gasteiger partial charge in [0.25, 0.3) is 0 Å². The Hall–Kier alpha value is -2.62. The van der Waals surface area contributed by atoms with Crippen LogP contribution < -0.4 is 9.80 Å². The third-order valence-corrected chi connectivity index (χ3v) is 5.09. The molecule has 0 saturated heterocycles. The van der Waals surface area contributed by atoms with E-state index < -0.39 is 0 Å². The van der Waals surface area contributed by atoms with Crippen LogP contribution in [0.3, 0.4) is 0 Å². The number of carbonyl (C=O) groups is 2. The van der Waals surface area contributed by atoms with Gasteiger partial charge >= 0.3 is 0 Å². The molecule has 0 atom stereocenters. The lowest BCUT2D eigenvalue weighted by molar-refractivity contribution is -0.118. The van der Waals surface area contributed by atoms with E-state index in [0.717, 1.165) is 40.9 Å². The Bertz CT molecular complexity index is 807. The largest absolute Gasteiger partial charge is 0.313 e. The first kappa shape index (κ1) is 21.7. The van der Waals surface area contributed by atoms with Gasteiger partial charge in [0.1, 0.15) is 0 Å². The van der Waals surface area contributed by atoms with Crippen molar-refractivity contribution in [3.8, 4) is 0 Å². The molecule has 0 aromatic heterocycles. The van der Waals surface area contributed by atoms with E-state index in [1.165, 1.54) is 0 Å². The number of nitrogens with zero attached hydrogens (tertiary/aromatic N) is 2. The summed E-state index contributed by atoms with van der Waals surface area (Å²) in [5.74, 6) is 0.00776. The maximum atomic E-state index is 12.9. The van der Waals surface area contributed by atoms with Crippen LogP contribution in [0.4, 0.5) is 11.4 Å². The van der Waals surface area contributed by atoms with E-state index >= 15 is 0 Å². The topological polar surface area (TPSA) is 40.6 Å². The summed E-state index contributed by atoms with van der Waals surface area (Å²) >= 11 is 0. The van der Waals surface area contributed by atoms with Crippen molar-refractivity contribution in [2.45, 2.75) is 53.9 Å². The van der Waals surface area contributed by atoms with Crippen molar-refractivity contribution in [1.82, 2.24) is 0 Å². The summed E-state index contributed by atoms with van der Waals surface area (Å²) in [7, 11) is 0. The molecule has 2 rings (SSSR count). The first-order valence-electron chi connectivity index (χ1n) is 10.2. The lowest BCUT2D eigenvalue weighted by atomic mass is 10.0. The summed E-state index contributed by atoms with van der Waals surface area (Å²) in [5, 5.41) is 0. The lowest BCUT2D eigenvalue weighted by Gasteiger charge is -2.28. The summed E-state index contributed by atoms with van der Waals surface area (Å²) in [4.78, 5) is 29.0. The van der Waals surface area contributed by atoms with Crippen LogP contribution in [0.2, 0.25) is 0 Å². The van der Waals surface area contributed by atoms with Crippen molar-refractivity contribution < 1.29 is 9.59 Å². The smallest absolute Gasteiger partial charge is 0.228 e. The Kier molecular flexibility index (Phi) is 7.80. The van der Waals surface area contributed by atoms with Gasteiger partial charge in [-0.15, -0.1) is 0 Å². The van der Waals surface area contributed by atoms with Gasteiger partial charge in [-0.1, -0.05) is 44.2 Å². The van der Waals surface area contributed by atoms with Crippen molar-refractivity contribution in [3.63, 3.8) is 0 Å². The molecule has 0 fully saturated rings. The fraction of sp³-hybridized carbons (Fsp3) is 0.417. The zero-order chi connectivity index (χ0) is 20.7. The molecule has 0 unspecified atom stereocenters. The summed E-state index contributed by atoms with van der Waals surface area (Å²) in [6, 6.07) is 14.1. The number of anilines is 2. The maximum Gasteiger partial charge on any atom is 0.228 e. The number of hydrogen-bond acceptors (Lipinski definition) is 2. The summed E-state index contributed by atoms with van der Waals surface area (Å²) < 4.78 is 0. The molecule has 2 aromatic carbocycles. The third-order valence-electron chi connectivity index (χ3n) is 5.09. The number of rotatable bonds is 8. The Morgan fingerprint density at radius 1 is 0.893 bits per heavy atom. The van der Waals surface area contributed by atoms with Gasteiger partial charge in [0, 0.05) is 37.8 Å². The molecule has 0 radical (unpaired) electrons. The second-order valence-corrected chi connectivity index (χ2v) is 7.03. The number of para-hydroxylation sites is 1. The van der Waals surface area contributed by atoms with Gasteiger partial charge in [-0.05, 0) is 55.5 Å². The average molecular weight is 381 g/mol. The second kappa shape index (κ2) is 10.1. The van der Waals surface area contributed by atoms with Crippen molar-refractivity contribution in [3.05, 3.63) is 59.2 Å². The number of carbonyl (C=O) groups excluding carboxylic acids is 2. The Morgan fingerprint density at radius 2 is 1.50 bits per heavy atom. The summed E-state index contributed by atoms with van der Waals surface area (Å²) in [5.41, 5.74) is 5.30. The molecule has 0 aliphatic carbocycles. The number of hydrogen-bond donors (Lipinski definition) is 0. The molecule has 0 bridgehead atoms. The average Bonchev–Trinajstić information content (AvgIpc) is 2.68. The molecule has 0 aliphatic rings. The molecule has 0 spiro atoms. The Morgan fingerprint density at radius 3 is 2.00 bits per heavy atom. The van der Waals surface area contributed by atoms with Gasteiger partial charge in [-0.2, -0.15) is 0 Å². The number of benzene rings is 2. The fourth-order valence-electron chi connectivity index (χ4n) is 3.63. The Balaban J connectivity index is 2.24. The van der Waals surface area contributed by atoms with Gasteiger partial charge < -0.3 is 9.80 Å². The van der Waals surface area contributed by atoms with Gasteiger partial charge in [0.15, 0.2) is 0 Å². The van der Waals surface area contributed by atoms with Crippen molar-refractivity contribution in [2.24, 2.45) is 0 Å². The van der Waals surface area contributed by atoms with Crippen molar-refractivity contribution >= 4 is 23.2 Å². The van der Waals surface area contributed by atoms with Crippen LogP contribution in [-0.2, 0) is 22.4 Å². The van der Waals surface area contributed by atoms with Crippen molar-refractivity contribution in [1.29, 1.82) is 0 Å². The molecular weight excluding hydrogens is 348 g/mol. The van der Waals surface area contributed by atoms with E-state index in [9.17, 15) is 9.59 Å². The molecule has 2 aromatic rings. The zero-order valence-corrected chi connectivity index (χ0v) is 17.8. The SMILES string of the molecule is CCc1cccc(CC)c1N(CCC(=O)N(CC)c1cccc(C)c1)C(C)=O. The molecule has 4 nitrogen and oxygen atoms in total. The normalized spacial score (nSPS) is 10.6. The van der Waals surface area contributed by atoms with E-state index in [2.05, 4.69) is 26.0 Å². The van der Waals surface area contributed by atoms with Crippen LogP contribution in [0.5, 0.6) is 0 Å². The highest BCUT2D eigenvalue weighted by Gasteiger charge is 2.21. The van der Waals surface area contributed by atoms with Crippen molar-refractivity contribution in [2.75, 3.05) is 22.9 Å². The van der Waals surface area contributed by atoms with Crippen LogP contribution in [0.15, 0.2) is 42.5 Å². The van der Waals surface area contributed by atoms with E-state index in [1.54, 1.807) is 16.7 Å². The maximum absolute atomic E-state index is 12.9. The molecule has 150 valence electrons. The lowest BCUT2D eigenvalue weighted by Crippen LogP contribution is -2.37. The van der Waals surface area contributed by atoms with Gasteiger partial charge in [0.2, 0.25) is 11.8 Å². The van der Waals surface area contributed by atoms with E-state index in [1.807, 2.05) is 44.2 Å². The first-order valence-corrected chi connectivity index (χ1v) is 10.2. The third kappa shape index (κ3) is 5.00. The van der Waals surface area contributed by atoms with Crippen LogP contribution >= 0.6 is 0 Å². The number of aryl methyl sites for hydroxylation is 3. The van der Waals surface area contributed by atoms with Crippen LogP contribution in [-0.4, -0.2) is 24.9 Å². The summed E-state index contributed by atoms with van der Waals surface area (Å²) in [6.07, 6.45) is 2.00. The highest BCUT2D eigenvalue weighted by molar-refractivity contribution is 5.97. The minimum absolute atomic E-state index is 0.0259. The van der Waals surface area contributed by atoms with Crippen LogP contribution in [0.1, 0.15) is 50.8 Å². The highest BCUT2D eigenvalue weighted by atomic mass is 16.2. The standard InChI is InChI=1S/C24H32N2O2/c1-6-20-12-10-13-21(7-2)24(20)26(19(5)27)16-15-23(28)25(8-3)22-14-9-11-18(4)17-22/h9-14,17H,6-8,15-16H2,1-5H3. The fourth-order valence-corrected chi connectivity index (χ4v) is 3.63. The zero-order valence-electron chi connectivity index (χ0n) is 17.8. The molecule has 0 saturated carbocycles.